The predicted molar refractivity (Wildman–Crippen MR) is 129 cm³/mol. The summed E-state index contributed by atoms with van der Waals surface area (Å²) in [6.07, 6.45) is 3.69. The Labute approximate surface area is 193 Å². The number of aromatic nitrogens is 2. The number of hydrogen-bond donors (Lipinski definition) is 0. The summed E-state index contributed by atoms with van der Waals surface area (Å²) in [4.78, 5) is 15.7. The molecule has 174 valence electrons. The molecule has 2 heterocycles. The minimum atomic E-state index is -0.986. The van der Waals surface area contributed by atoms with Gasteiger partial charge in [0.05, 0.1) is 31.1 Å². The Morgan fingerprint density at radius 1 is 1.06 bits per heavy atom. The third kappa shape index (κ3) is 4.82. The third-order valence-corrected chi connectivity index (χ3v) is 8.36. The summed E-state index contributed by atoms with van der Waals surface area (Å²) < 4.78 is 22.3. The number of rotatable bonds is 6. The van der Waals surface area contributed by atoms with Gasteiger partial charge in [-0.05, 0) is 50.7 Å². The van der Waals surface area contributed by atoms with Crippen LogP contribution in [-0.2, 0) is 11.4 Å². The van der Waals surface area contributed by atoms with E-state index in [1.54, 1.807) is 6.20 Å². The van der Waals surface area contributed by atoms with Gasteiger partial charge in [0, 0.05) is 24.5 Å². The fourth-order valence-corrected chi connectivity index (χ4v) is 5.70. The van der Waals surface area contributed by atoms with Gasteiger partial charge in [-0.1, -0.05) is 32.0 Å². The maximum absolute atomic E-state index is 13.5. The zero-order valence-corrected chi connectivity index (χ0v) is 20.3. The van der Waals surface area contributed by atoms with Gasteiger partial charge in [0.2, 0.25) is 5.75 Å². The molecule has 1 aromatic heterocycles. The largest absolute Gasteiger partial charge is 0.598 e. The SMILES string of the molecule is CC(C)[S@@+]([O-])N1CCN(c2cnn(-c3ccccc3)c(=O)c2OC2C[C@@H](C)[C@H](C)C2)CC1. The molecule has 4 rings (SSSR count). The molecule has 32 heavy (non-hydrogen) atoms. The Morgan fingerprint density at radius 3 is 2.28 bits per heavy atom. The first-order valence-electron chi connectivity index (χ1n) is 11.6. The smallest absolute Gasteiger partial charge is 0.316 e. The fourth-order valence-electron chi connectivity index (χ4n) is 4.58. The van der Waals surface area contributed by atoms with Crippen molar-refractivity contribution in [2.45, 2.75) is 51.9 Å². The van der Waals surface area contributed by atoms with Crippen LogP contribution in [0.5, 0.6) is 5.75 Å². The summed E-state index contributed by atoms with van der Waals surface area (Å²) in [6, 6.07) is 9.45. The van der Waals surface area contributed by atoms with Crippen LogP contribution in [0.15, 0.2) is 41.3 Å². The molecule has 0 N–H and O–H groups in total. The number of benzene rings is 1. The predicted octanol–water partition coefficient (Wildman–Crippen LogP) is 3.24. The van der Waals surface area contributed by atoms with Gasteiger partial charge in [-0.2, -0.15) is 9.78 Å². The molecule has 7 nitrogen and oxygen atoms in total. The molecule has 3 atom stereocenters. The quantitative estimate of drug-likeness (QED) is 0.619. The number of nitrogens with zero attached hydrogens (tertiary/aromatic N) is 4. The lowest BCUT2D eigenvalue weighted by molar-refractivity contribution is 0.199. The molecule has 1 saturated carbocycles. The molecule has 1 aliphatic carbocycles. The monoisotopic (exact) mass is 458 g/mol. The first kappa shape index (κ1) is 23.1. The van der Waals surface area contributed by atoms with Crippen LogP contribution in [0.25, 0.3) is 5.69 Å². The summed E-state index contributed by atoms with van der Waals surface area (Å²) >= 11 is -0.986. The Balaban J connectivity index is 1.63. The maximum atomic E-state index is 13.5. The number of anilines is 1. The number of ether oxygens (including phenoxy) is 1. The summed E-state index contributed by atoms with van der Waals surface area (Å²) in [5.41, 5.74) is 1.23. The minimum absolute atomic E-state index is 0.0350. The maximum Gasteiger partial charge on any atom is 0.316 e. The number of para-hydroxylation sites is 1. The van der Waals surface area contributed by atoms with Gasteiger partial charge in [-0.25, -0.2) is 0 Å². The van der Waals surface area contributed by atoms with Crippen LogP contribution in [0.1, 0.15) is 40.5 Å². The van der Waals surface area contributed by atoms with E-state index >= 15 is 0 Å². The van der Waals surface area contributed by atoms with Crippen LogP contribution in [0, 0.1) is 11.8 Å². The van der Waals surface area contributed by atoms with Gasteiger partial charge in [0.1, 0.15) is 10.9 Å². The van der Waals surface area contributed by atoms with Crippen molar-refractivity contribution in [3.63, 3.8) is 0 Å². The van der Waals surface area contributed by atoms with Crippen LogP contribution in [0.2, 0.25) is 0 Å². The zero-order chi connectivity index (χ0) is 22.8. The van der Waals surface area contributed by atoms with E-state index in [2.05, 4.69) is 23.8 Å². The second-order valence-electron chi connectivity index (χ2n) is 9.32. The van der Waals surface area contributed by atoms with E-state index in [4.69, 9.17) is 4.74 Å². The van der Waals surface area contributed by atoms with Crippen molar-refractivity contribution >= 4 is 17.0 Å². The summed E-state index contributed by atoms with van der Waals surface area (Å²) in [5, 5.41) is 4.58. The van der Waals surface area contributed by atoms with Gasteiger partial charge in [0.25, 0.3) is 0 Å². The molecule has 2 fully saturated rings. The van der Waals surface area contributed by atoms with Crippen molar-refractivity contribution in [3.05, 3.63) is 46.9 Å². The first-order chi connectivity index (χ1) is 15.3. The lowest BCUT2D eigenvalue weighted by atomic mass is 10.0. The highest BCUT2D eigenvalue weighted by Gasteiger charge is 2.33. The van der Waals surface area contributed by atoms with Gasteiger partial charge < -0.3 is 14.2 Å². The molecule has 0 bridgehead atoms. The van der Waals surface area contributed by atoms with E-state index in [0.29, 0.717) is 43.8 Å². The Bertz CT molecular complexity index is 949. The Hall–Kier alpha value is -2.03. The van der Waals surface area contributed by atoms with Gasteiger partial charge in [-0.15, -0.1) is 4.31 Å². The Morgan fingerprint density at radius 2 is 1.69 bits per heavy atom. The summed E-state index contributed by atoms with van der Waals surface area (Å²) in [5.74, 6) is 1.54. The fraction of sp³-hybridized carbons (Fsp3) is 0.583. The van der Waals surface area contributed by atoms with Crippen molar-refractivity contribution in [1.29, 1.82) is 0 Å². The van der Waals surface area contributed by atoms with Crippen molar-refractivity contribution in [3.8, 4) is 11.4 Å². The van der Waals surface area contributed by atoms with Crippen LogP contribution >= 0.6 is 0 Å². The van der Waals surface area contributed by atoms with Gasteiger partial charge in [-0.3, -0.25) is 4.79 Å². The highest BCUT2D eigenvalue weighted by Crippen LogP contribution is 2.35. The van der Waals surface area contributed by atoms with E-state index in [-0.39, 0.29) is 16.9 Å². The molecule has 2 aliphatic rings. The van der Waals surface area contributed by atoms with Crippen molar-refractivity contribution in [2.75, 3.05) is 31.1 Å². The molecule has 0 radical (unpaired) electrons. The molecular formula is C24H34N4O3S. The van der Waals surface area contributed by atoms with Crippen molar-refractivity contribution < 1.29 is 9.29 Å². The Kier molecular flexibility index (Phi) is 7.12. The van der Waals surface area contributed by atoms with E-state index in [1.807, 2.05) is 48.5 Å². The van der Waals surface area contributed by atoms with E-state index < -0.39 is 11.4 Å². The van der Waals surface area contributed by atoms with E-state index in [9.17, 15) is 9.35 Å². The van der Waals surface area contributed by atoms with Crippen molar-refractivity contribution in [1.82, 2.24) is 14.1 Å². The molecule has 1 aromatic carbocycles. The second kappa shape index (κ2) is 9.85. The number of hydrogen-bond acceptors (Lipinski definition) is 6. The molecule has 1 saturated heterocycles. The molecule has 0 unspecified atom stereocenters. The van der Waals surface area contributed by atoms with Crippen LogP contribution < -0.4 is 15.2 Å². The second-order valence-corrected chi connectivity index (χ2v) is 11.3. The lowest BCUT2D eigenvalue weighted by Crippen LogP contribution is -2.50. The average molecular weight is 459 g/mol. The molecular weight excluding hydrogens is 424 g/mol. The van der Waals surface area contributed by atoms with E-state index in [0.717, 1.165) is 24.2 Å². The van der Waals surface area contributed by atoms with Gasteiger partial charge >= 0.3 is 5.56 Å². The summed E-state index contributed by atoms with van der Waals surface area (Å²) in [7, 11) is 0. The molecule has 1 aliphatic heterocycles. The summed E-state index contributed by atoms with van der Waals surface area (Å²) in [6.45, 7) is 11.2. The van der Waals surface area contributed by atoms with Crippen LogP contribution in [0.4, 0.5) is 5.69 Å². The first-order valence-corrected chi connectivity index (χ1v) is 12.8. The van der Waals surface area contributed by atoms with Crippen molar-refractivity contribution in [2.24, 2.45) is 11.8 Å². The normalized spacial score (nSPS) is 23.6. The lowest BCUT2D eigenvalue weighted by Gasteiger charge is -2.37. The minimum Gasteiger partial charge on any atom is -0.598 e. The van der Waals surface area contributed by atoms with Crippen LogP contribution in [0.3, 0.4) is 0 Å². The highest BCUT2D eigenvalue weighted by atomic mass is 32.2. The third-order valence-electron chi connectivity index (χ3n) is 6.68. The average Bonchev–Trinajstić information content (AvgIpc) is 3.12. The van der Waals surface area contributed by atoms with E-state index in [1.165, 1.54) is 4.68 Å². The molecule has 2 aromatic rings. The standard InChI is InChI=1S/C24H34N4O3S/c1-17(2)32(30)27-12-10-26(11-13-27)22-16-25-28(20-8-6-5-7-9-20)24(29)23(22)31-21-14-18(3)19(4)15-21/h5-9,16-19,21H,10-15H2,1-4H3/t18-,19-,32-/m1/s1. The molecule has 0 amide bonds. The zero-order valence-electron chi connectivity index (χ0n) is 19.4. The van der Waals surface area contributed by atoms with Gasteiger partial charge in [0.15, 0.2) is 0 Å². The molecule has 8 heteroatoms. The highest BCUT2D eigenvalue weighted by molar-refractivity contribution is 7.89. The topological polar surface area (TPSA) is 73.7 Å². The molecule has 0 spiro atoms. The van der Waals surface area contributed by atoms with Crippen LogP contribution in [-0.4, -0.2) is 56.2 Å². The number of piperazine rings is 1.